The molecule has 0 aliphatic heterocycles. The number of amides is 1. The molecule has 2 N–H and O–H groups in total. The van der Waals surface area contributed by atoms with E-state index in [0.29, 0.717) is 0 Å². The average molecular weight is 299 g/mol. The molecule has 1 fully saturated rings. The van der Waals surface area contributed by atoms with Gasteiger partial charge in [-0.15, -0.1) is 0 Å². The molecular weight excluding hydrogens is 278 g/mol. The van der Waals surface area contributed by atoms with Crippen LogP contribution in [0, 0.1) is 12.8 Å². The van der Waals surface area contributed by atoms with Gasteiger partial charge in [0.15, 0.2) is 0 Å². The number of nitrogens with one attached hydrogen (secondary N) is 1. The van der Waals surface area contributed by atoms with E-state index in [2.05, 4.69) is 5.32 Å². The predicted octanol–water partition coefficient (Wildman–Crippen LogP) is 4.16. The summed E-state index contributed by atoms with van der Waals surface area (Å²) in [6.07, 6.45) is 2.47. The lowest BCUT2D eigenvalue weighted by Gasteiger charge is -2.14. The minimum atomic E-state index is -0.0261. The molecule has 0 unspecified atom stereocenters. The molecule has 4 nitrogen and oxygen atoms in total. The van der Waals surface area contributed by atoms with Crippen molar-refractivity contribution in [3.8, 4) is 5.75 Å². The fourth-order valence-corrected chi connectivity index (χ4v) is 2.83. The van der Waals surface area contributed by atoms with E-state index in [1.165, 1.54) is 0 Å². The summed E-state index contributed by atoms with van der Waals surface area (Å²) in [6, 6.07) is 7.35. The van der Waals surface area contributed by atoms with Gasteiger partial charge in [-0.2, -0.15) is 0 Å². The Morgan fingerprint density at radius 2 is 2.18 bits per heavy atom. The minimum absolute atomic E-state index is 0.0184. The number of hydrogen-bond acceptors (Lipinski definition) is 3. The van der Waals surface area contributed by atoms with E-state index < -0.39 is 0 Å². The molecular formula is C18H21NO3. The summed E-state index contributed by atoms with van der Waals surface area (Å²) >= 11 is 0. The van der Waals surface area contributed by atoms with Crippen LogP contribution in [0.1, 0.15) is 49.0 Å². The Morgan fingerprint density at radius 3 is 2.82 bits per heavy atom. The second-order valence-electron chi connectivity index (χ2n) is 6.33. The molecule has 0 bridgehead atoms. The van der Waals surface area contributed by atoms with E-state index in [-0.39, 0.29) is 29.4 Å². The fraction of sp³-hybridized carbons (Fsp3) is 0.389. The highest BCUT2D eigenvalue weighted by atomic mass is 16.3. The Hall–Kier alpha value is -2.23. The van der Waals surface area contributed by atoms with Crippen molar-refractivity contribution in [2.75, 3.05) is 5.32 Å². The van der Waals surface area contributed by atoms with Gasteiger partial charge in [0, 0.05) is 17.5 Å². The maximum atomic E-state index is 12.4. The lowest BCUT2D eigenvalue weighted by molar-refractivity contribution is -0.117. The first kappa shape index (κ1) is 14.7. The fourth-order valence-electron chi connectivity index (χ4n) is 2.83. The van der Waals surface area contributed by atoms with Gasteiger partial charge in [-0.05, 0) is 54.7 Å². The summed E-state index contributed by atoms with van der Waals surface area (Å²) in [6.45, 7) is 5.92. The third kappa shape index (κ3) is 2.73. The predicted molar refractivity (Wildman–Crippen MR) is 85.1 cm³/mol. The summed E-state index contributed by atoms with van der Waals surface area (Å²) in [4.78, 5) is 12.4. The first-order chi connectivity index (χ1) is 10.5. The molecule has 1 aliphatic carbocycles. The Bertz CT molecular complexity index is 689. The molecule has 3 rings (SSSR count). The van der Waals surface area contributed by atoms with Crippen molar-refractivity contribution in [2.24, 2.45) is 5.92 Å². The smallest absolute Gasteiger partial charge is 0.228 e. The quantitative estimate of drug-likeness (QED) is 0.833. The maximum Gasteiger partial charge on any atom is 0.228 e. The summed E-state index contributed by atoms with van der Waals surface area (Å²) in [5, 5.41) is 13.0. The number of phenolic OH excluding ortho intramolecular Hbond substituents is 1. The number of carbonyl (C=O) groups is 1. The molecule has 116 valence electrons. The lowest BCUT2D eigenvalue weighted by Crippen LogP contribution is -2.15. The zero-order valence-corrected chi connectivity index (χ0v) is 13.1. The van der Waals surface area contributed by atoms with E-state index in [0.717, 1.165) is 29.0 Å². The van der Waals surface area contributed by atoms with Crippen LogP contribution in [-0.4, -0.2) is 11.0 Å². The topological polar surface area (TPSA) is 62.5 Å². The summed E-state index contributed by atoms with van der Waals surface area (Å²) < 4.78 is 5.37. The number of phenols is 1. The first-order valence-electron chi connectivity index (χ1n) is 7.65. The molecule has 22 heavy (non-hydrogen) atoms. The van der Waals surface area contributed by atoms with Gasteiger partial charge in [0.1, 0.15) is 11.5 Å². The number of furan rings is 1. The number of hydrogen-bond donors (Lipinski definition) is 2. The van der Waals surface area contributed by atoms with E-state index in [1.807, 2.05) is 39.0 Å². The second-order valence-corrected chi connectivity index (χ2v) is 6.33. The Balaban J connectivity index is 1.74. The van der Waals surface area contributed by atoms with Crippen molar-refractivity contribution >= 4 is 11.6 Å². The number of rotatable bonds is 4. The van der Waals surface area contributed by atoms with Crippen molar-refractivity contribution < 1.29 is 14.3 Å². The van der Waals surface area contributed by atoms with Crippen LogP contribution in [-0.2, 0) is 4.79 Å². The summed E-state index contributed by atoms with van der Waals surface area (Å²) in [5.41, 5.74) is 2.49. The molecule has 1 amide bonds. The minimum Gasteiger partial charge on any atom is -0.508 e. The SMILES string of the molecule is Cc1cc(O)c(C(C)C)cc1NC(=O)[C@H]1C[C@H]1c1ccco1. The lowest BCUT2D eigenvalue weighted by atomic mass is 9.99. The first-order valence-corrected chi connectivity index (χ1v) is 7.65. The standard InChI is InChI=1S/C18H21NO3/c1-10(2)12-9-15(11(3)7-16(12)20)19-18(21)14-8-13(14)17-5-4-6-22-17/h4-7,9-10,13-14,20H,8H2,1-3H3,(H,19,21)/t13-,14+/m1/s1. The molecule has 0 saturated heterocycles. The summed E-state index contributed by atoms with van der Waals surface area (Å²) in [7, 11) is 0. The normalized spacial score (nSPS) is 20.2. The zero-order valence-electron chi connectivity index (χ0n) is 13.1. The molecule has 1 aromatic heterocycles. The number of aryl methyl sites for hydroxylation is 1. The maximum absolute atomic E-state index is 12.4. The van der Waals surface area contributed by atoms with Crippen LogP contribution in [0.3, 0.4) is 0 Å². The monoisotopic (exact) mass is 299 g/mol. The Morgan fingerprint density at radius 1 is 1.41 bits per heavy atom. The van der Waals surface area contributed by atoms with Gasteiger partial charge in [-0.3, -0.25) is 4.79 Å². The molecule has 4 heteroatoms. The van der Waals surface area contributed by atoms with Gasteiger partial charge in [0.25, 0.3) is 0 Å². The highest BCUT2D eigenvalue weighted by Gasteiger charge is 2.45. The van der Waals surface area contributed by atoms with Gasteiger partial charge < -0.3 is 14.8 Å². The Kier molecular flexibility index (Phi) is 3.69. The van der Waals surface area contributed by atoms with Crippen LogP contribution in [0.5, 0.6) is 5.75 Å². The van der Waals surface area contributed by atoms with Crippen molar-refractivity contribution in [3.05, 3.63) is 47.4 Å². The number of anilines is 1. The van der Waals surface area contributed by atoms with Gasteiger partial charge in [0.2, 0.25) is 5.91 Å². The van der Waals surface area contributed by atoms with Gasteiger partial charge >= 0.3 is 0 Å². The van der Waals surface area contributed by atoms with Crippen molar-refractivity contribution in [1.29, 1.82) is 0 Å². The highest BCUT2D eigenvalue weighted by Crippen LogP contribution is 2.48. The van der Waals surface area contributed by atoms with Crippen LogP contribution in [0.4, 0.5) is 5.69 Å². The molecule has 0 radical (unpaired) electrons. The molecule has 1 aliphatic rings. The van der Waals surface area contributed by atoms with Crippen LogP contribution in [0.2, 0.25) is 0 Å². The van der Waals surface area contributed by atoms with Gasteiger partial charge in [-0.1, -0.05) is 13.8 Å². The van der Waals surface area contributed by atoms with Crippen LogP contribution in [0.25, 0.3) is 0 Å². The van der Waals surface area contributed by atoms with Crippen LogP contribution < -0.4 is 5.32 Å². The van der Waals surface area contributed by atoms with Crippen LogP contribution >= 0.6 is 0 Å². The van der Waals surface area contributed by atoms with E-state index in [4.69, 9.17) is 4.42 Å². The molecule has 1 heterocycles. The molecule has 1 aromatic carbocycles. The van der Waals surface area contributed by atoms with Gasteiger partial charge in [-0.25, -0.2) is 0 Å². The molecule has 1 saturated carbocycles. The average Bonchev–Trinajstić information content (AvgIpc) is 3.07. The molecule has 2 aromatic rings. The van der Waals surface area contributed by atoms with Crippen molar-refractivity contribution in [3.63, 3.8) is 0 Å². The van der Waals surface area contributed by atoms with Crippen LogP contribution in [0.15, 0.2) is 34.9 Å². The number of carbonyl (C=O) groups excluding carboxylic acids is 1. The molecule has 0 spiro atoms. The van der Waals surface area contributed by atoms with E-state index in [9.17, 15) is 9.90 Å². The van der Waals surface area contributed by atoms with E-state index >= 15 is 0 Å². The van der Waals surface area contributed by atoms with Crippen molar-refractivity contribution in [2.45, 2.75) is 39.0 Å². The number of benzene rings is 1. The van der Waals surface area contributed by atoms with Crippen molar-refractivity contribution in [1.82, 2.24) is 0 Å². The third-order valence-electron chi connectivity index (χ3n) is 4.29. The molecule has 2 atom stereocenters. The highest BCUT2D eigenvalue weighted by molar-refractivity contribution is 5.96. The van der Waals surface area contributed by atoms with E-state index in [1.54, 1.807) is 12.3 Å². The second kappa shape index (κ2) is 5.52. The number of aromatic hydroxyl groups is 1. The third-order valence-corrected chi connectivity index (χ3v) is 4.29. The van der Waals surface area contributed by atoms with Gasteiger partial charge in [0.05, 0.1) is 6.26 Å². The Labute approximate surface area is 130 Å². The summed E-state index contributed by atoms with van der Waals surface area (Å²) in [5.74, 6) is 1.55. The largest absolute Gasteiger partial charge is 0.508 e. The zero-order chi connectivity index (χ0) is 15.9.